The van der Waals surface area contributed by atoms with Gasteiger partial charge in [0.15, 0.2) is 6.61 Å². The molecule has 5 nitrogen and oxygen atoms in total. The molecule has 140 valence electrons. The number of rotatable bonds is 5. The first-order valence-corrected chi connectivity index (χ1v) is 9.48. The summed E-state index contributed by atoms with van der Waals surface area (Å²) in [6.07, 6.45) is 2.08. The summed E-state index contributed by atoms with van der Waals surface area (Å²) in [4.78, 5) is 26.6. The van der Waals surface area contributed by atoms with Gasteiger partial charge in [-0.3, -0.25) is 9.59 Å². The lowest BCUT2D eigenvalue weighted by molar-refractivity contribution is -0.118. The van der Waals surface area contributed by atoms with Crippen LogP contribution in [0.15, 0.2) is 42.5 Å². The monoisotopic (exact) mass is 364 g/mol. The molecule has 27 heavy (non-hydrogen) atoms. The largest absolute Gasteiger partial charge is 0.482 e. The highest BCUT2D eigenvalue weighted by Gasteiger charge is 2.33. The molecular weight excluding hydrogens is 340 g/mol. The molecule has 0 saturated heterocycles. The Balaban J connectivity index is 1.54. The Morgan fingerprint density at radius 2 is 1.93 bits per heavy atom. The van der Waals surface area contributed by atoms with Crippen LogP contribution in [0.5, 0.6) is 5.75 Å². The molecule has 0 bridgehead atoms. The van der Waals surface area contributed by atoms with Crippen LogP contribution in [-0.4, -0.2) is 29.4 Å². The van der Waals surface area contributed by atoms with E-state index in [0.717, 1.165) is 18.4 Å². The van der Waals surface area contributed by atoms with Crippen molar-refractivity contribution < 1.29 is 14.3 Å². The maximum Gasteiger partial charge on any atom is 0.262 e. The van der Waals surface area contributed by atoms with Gasteiger partial charge >= 0.3 is 0 Å². The summed E-state index contributed by atoms with van der Waals surface area (Å²) >= 11 is 0. The molecule has 1 heterocycles. The van der Waals surface area contributed by atoms with Gasteiger partial charge in [0.05, 0.1) is 5.69 Å². The van der Waals surface area contributed by atoms with Crippen LogP contribution in [0.1, 0.15) is 54.1 Å². The first-order chi connectivity index (χ1) is 13.0. The Morgan fingerprint density at radius 1 is 1.19 bits per heavy atom. The van der Waals surface area contributed by atoms with E-state index in [1.165, 1.54) is 5.56 Å². The first-order valence-electron chi connectivity index (χ1n) is 9.48. The van der Waals surface area contributed by atoms with E-state index in [1.54, 1.807) is 18.2 Å². The second-order valence-corrected chi connectivity index (χ2v) is 7.61. The zero-order valence-corrected chi connectivity index (χ0v) is 15.7. The minimum atomic E-state index is -0.198. The maximum atomic E-state index is 13.1. The van der Waals surface area contributed by atoms with Gasteiger partial charge < -0.3 is 15.0 Å². The van der Waals surface area contributed by atoms with Crippen LogP contribution in [0, 0.1) is 0 Å². The molecule has 1 fully saturated rings. The van der Waals surface area contributed by atoms with Crippen LogP contribution in [0.3, 0.4) is 0 Å². The van der Waals surface area contributed by atoms with Crippen LogP contribution in [0.25, 0.3) is 0 Å². The molecule has 0 aromatic heterocycles. The highest BCUT2D eigenvalue weighted by atomic mass is 16.5. The normalized spacial score (nSPS) is 15.7. The molecule has 1 aliphatic heterocycles. The number of benzene rings is 2. The standard InChI is InChI=1S/C22H24N2O3/c1-14(2)16-5-3-15(4-6-16)12-24(18-8-9-18)22(26)17-7-10-20-19(11-17)23-21(25)13-27-20/h3-7,10-11,14,18H,8-9,12-13H2,1-2H3,(H,23,25). The van der Waals surface area contributed by atoms with E-state index in [1.807, 2.05) is 4.90 Å². The molecule has 0 unspecified atom stereocenters. The molecule has 5 heteroatoms. The van der Waals surface area contributed by atoms with Gasteiger partial charge in [-0.15, -0.1) is 0 Å². The molecule has 0 radical (unpaired) electrons. The number of nitrogens with one attached hydrogen (secondary N) is 1. The zero-order valence-electron chi connectivity index (χ0n) is 15.7. The van der Waals surface area contributed by atoms with Crippen LogP contribution >= 0.6 is 0 Å². The molecule has 4 rings (SSSR count). The van der Waals surface area contributed by atoms with Gasteiger partial charge in [-0.2, -0.15) is 0 Å². The summed E-state index contributed by atoms with van der Waals surface area (Å²) in [6, 6.07) is 14.0. The number of anilines is 1. The lowest BCUT2D eigenvalue weighted by atomic mass is 10.0. The van der Waals surface area contributed by atoms with Crippen molar-refractivity contribution in [1.82, 2.24) is 4.90 Å². The molecule has 2 aliphatic rings. The lowest BCUT2D eigenvalue weighted by Crippen LogP contribution is -2.33. The Morgan fingerprint density at radius 3 is 2.59 bits per heavy atom. The number of carbonyl (C=O) groups is 2. The summed E-state index contributed by atoms with van der Waals surface area (Å²) in [5, 5.41) is 2.77. The van der Waals surface area contributed by atoms with Gasteiger partial charge in [-0.1, -0.05) is 38.1 Å². The third-order valence-electron chi connectivity index (χ3n) is 5.11. The number of ether oxygens (including phenoxy) is 1. The minimum Gasteiger partial charge on any atom is -0.482 e. The number of fused-ring (bicyclic) bond motifs is 1. The Kier molecular flexibility index (Phi) is 4.60. The smallest absolute Gasteiger partial charge is 0.262 e. The summed E-state index contributed by atoms with van der Waals surface area (Å²) < 4.78 is 5.38. The second-order valence-electron chi connectivity index (χ2n) is 7.61. The van der Waals surface area contributed by atoms with Crippen molar-refractivity contribution in [3.63, 3.8) is 0 Å². The fourth-order valence-corrected chi connectivity index (χ4v) is 3.34. The lowest BCUT2D eigenvalue weighted by Gasteiger charge is -2.24. The van der Waals surface area contributed by atoms with Crippen molar-refractivity contribution in [3.05, 3.63) is 59.2 Å². The number of nitrogens with zero attached hydrogens (tertiary/aromatic N) is 1. The van der Waals surface area contributed by atoms with E-state index in [2.05, 4.69) is 43.4 Å². The molecule has 0 spiro atoms. The van der Waals surface area contributed by atoms with Gasteiger partial charge in [0, 0.05) is 18.2 Å². The van der Waals surface area contributed by atoms with E-state index in [4.69, 9.17) is 4.74 Å². The van der Waals surface area contributed by atoms with Crippen molar-refractivity contribution in [3.8, 4) is 5.75 Å². The van der Waals surface area contributed by atoms with Gasteiger partial charge in [0.1, 0.15) is 5.75 Å². The van der Waals surface area contributed by atoms with Crippen molar-refractivity contribution in [2.45, 2.75) is 45.2 Å². The van der Waals surface area contributed by atoms with Crippen LogP contribution in [0.2, 0.25) is 0 Å². The number of hydrogen-bond donors (Lipinski definition) is 1. The Labute approximate surface area is 159 Å². The summed E-state index contributed by atoms with van der Waals surface area (Å²) in [5.74, 6) is 0.894. The van der Waals surface area contributed by atoms with E-state index in [-0.39, 0.29) is 18.4 Å². The zero-order chi connectivity index (χ0) is 19.0. The molecule has 1 N–H and O–H groups in total. The van der Waals surface area contributed by atoms with Crippen LogP contribution < -0.4 is 10.1 Å². The predicted octanol–water partition coefficient (Wildman–Crippen LogP) is 3.95. The van der Waals surface area contributed by atoms with Gasteiger partial charge in [-0.25, -0.2) is 0 Å². The summed E-state index contributed by atoms with van der Waals surface area (Å²) in [6.45, 7) is 4.96. The van der Waals surface area contributed by atoms with E-state index in [9.17, 15) is 9.59 Å². The number of amides is 2. The average Bonchev–Trinajstić information content (AvgIpc) is 3.50. The summed E-state index contributed by atoms with van der Waals surface area (Å²) in [7, 11) is 0. The molecule has 0 atom stereocenters. The summed E-state index contributed by atoms with van der Waals surface area (Å²) in [5.41, 5.74) is 3.57. The van der Waals surface area contributed by atoms with Gasteiger partial charge in [0.2, 0.25) is 0 Å². The SMILES string of the molecule is CC(C)c1ccc(CN(C(=O)c2ccc3c(c2)NC(=O)CO3)C2CC2)cc1. The van der Waals surface area contributed by atoms with Crippen molar-refractivity contribution in [2.24, 2.45) is 0 Å². The topological polar surface area (TPSA) is 58.6 Å². The van der Waals surface area contributed by atoms with Gasteiger partial charge in [0.25, 0.3) is 11.8 Å². The first kappa shape index (κ1) is 17.6. The van der Waals surface area contributed by atoms with Gasteiger partial charge in [-0.05, 0) is 48.1 Å². The number of carbonyl (C=O) groups excluding carboxylic acids is 2. The molecule has 1 aliphatic carbocycles. The average molecular weight is 364 g/mol. The highest BCUT2D eigenvalue weighted by molar-refractivity contribution is 6.00. The highest BCUT2D eigenvalue weighted by Crippen LogP contribution is 2.33. The quantitative estimate of drug-likeness (QED) is 0.874. The molecule has 2 amide bonds. The third-order valence-corrected chi connectivity index (χ3v) is 5.11. The molecule has 2 aromatic carbocycles. The van der Waals surface area contributed by atoms with Crippen molar-refractivity contribution in [1.29, 1.82) is 0 Å². The second kappa shape index (κ2) is 7.06. The Hall–Kier alpha value is -2.82. The Bertz CT molecular complexity index is 870. The van der Waals surface area contributed by atoms with E-state index >= 15 is 0 Å². The molecule has 2 aromatic rings. The fourth-order valence-electron chi connectivity index (χ4n) is 3.34. The third kappa shape index (κ3) is 3.82. The molecule has 1 saturated carbocycles. The fraction of sp³-hybridized carbons (Fsp3) is 0.364. The minimum absolute atomic E-state index is 0.00643. The number of hydrogen-bond acceptors (Lipinski definition) is 3. The van der Waals surface area contributed by atoms with Crippen LogP contribution in [0.4, 0.5) is 5.69 Å². The van der Waals surface area contributed by atoms with E-state index < -0.39 is 0 Å². The van der Waals surface area contributed by atoms with Crippen molar-refractivity contribution in [2.75, 3.05) is 11.9 Å². The maximum absolute atomic E-state index is 13.1. The van der Waals surface area contributed by atoms with E-state index in [0.29, 0.717) is 35.5 Å². The molecular formula is C22H24N2O3. The van der Waals surface area contributed by atoms with Crippen LogP contribution in [-0.2, 0) is 11.3 Å². The van der Waals surface area contributed by atoms with Crippen molar-refractivity contribution >= 4 is 17.5 Å². The predicted molar refractivity (Wildman–Crippen MR) is 104 cm³/mol.